The molecule has 0 radical (unpaired) electrons. The molecular weight excluding hydrogens is 276 g/mol. The van der Waals surface area contributed by atoms with Gasteiger partial charge in [0.1, 0.15) is 18.9 Å². The Balaban J connectivity index is 2.71. The fourth-order valence-electron chi connectivity index (χ4n) is 1.50. The van der Waals surface area contributed by atoms with E-state index < -0.39 is 36.6 Å². The molecule has 1 heterocycles. The van der Waals surface area contributed by atoms with Crippen LogP contribution in [0.4, 0.5) is 0 Å². The summed E-state index contributed by atoms with van der Waals surface area (Å²) in [5.41, 5.74) is 0. The van der Waals surface area contributed by atoms with Gasteiger partial charge in [0.15, 0.2) is 0 Å². The SMILES string of the molecule is C=CC(=O)NC1NC(NC(=O)C=C)NC(NC(=O)C=C)N1. The maximum Gasteiger partial charge on any atom is 0.245 e. The molecule has 1 fully saturated rings. The number of amides is 3. The fraction of sp³-hybridized carbons (Fsp3) is 0.250. The standard InChI is InChI=1S/C12H18N6O3/c1-4-7(19)13-10-16-11(14-8(20)5-2)18-12(17-10)15-9(21)6-3/h4-6,10-12,16-18H,1-3H2,(H,13,19)(H,14,20)(H,15,21). The van der Waals surface area contributed by atoms with Crippen LogP contribution in [0.3, 0.4) is 0 Å². The van der Waals surface area contributed by atoms with Crippen molar-refractivity contribution in [1.82, 2.24) is 31.9 Å². The van der Waals surface area contributed by atoms with Crippen molar-refractivity contribution in [1.29, 1.82) is 0 Å². The van der Waals surface area contributed by atoms with Crippen molar-refractivity contribution in [3.8, 4) is 0 Å². The van der Waals surface area contributed by atoms with E-state index >= 15 is 0 Å². The molecule has 0 spiro atoms. The third-order valence-electron chi connectivity index (χ3n) is 2.42. The molecule has 1 rings (SSSR count). The molecule has 3 amide bonds. The summed E-state index contributed by atoms with van der Waals surface area (Å²) in [6.45, 7) is 10.0. The lowest BCUT2D eigenvalue weighted by Crippen LogP contribution is -2.78. The summed E-state index contributed by atoms with van der Waals surface area (Å²) in [7, 11) is 0. The molecule has 1 saturated heterocycles. The quantitative estimate of drug-likeness (QED) is 0.302. The van der Waals surface area contributed by atoms with Crippen molar-refractivity contribution in [2.45, 2.75) is 18.9 Å². The van der Waals surface area contributed by atoms with E-state index in [0.29, 0.717) is 0 Å². The molecule has 1 aliphatic rings. The fourth-order valence-corrected chi connectivity index (χ4v) is 1.50. The Kier molecular flexibility index (Phi) is 6.27. The van der Waals surface area contributed by atoms with E-state index in [1.165, 1.54) is 0 Å². The average Bonchev–Trinajstić information content (AvgIpc) is 2.46. The number of hydrogen-bond donors (Lipinski definition) is 6. The van der Waals surface area contributed by atoms with Gasteiger partial charge in [0.2, 0.25) is 17.7 Å². The van der Waals surface area contributed by atoms with Crippen LogP contribution in [0.15, 0.2) is 38.0 Å². The molecule has 9 nitrogen and oxygen atoms in total. The topological polar surface area (TPSA) is 123 Å². The molecule has 0 bridgehead atoms. The lowest BCUT2D eigenvalue weighted by atomic mass is 10.4. The summed E-state index contributed by atoms with van der Waals surface area (Å²) in [5, 5.41) is 16.2. The van der Waals surface area contributed by atoms with Gasteiger partial charge in [-0.05, 0) is 18.2 Å². The van der Waals surface area contributed by atoms with E-state index in [9.17, 15) is 14.4 Å². The molecule has 9 heteroatoms. The molecule has 6 N–H and O–H groups in total. The first-order valence-corrected chi connectivity index (χ1v) is 6.05. The second-order valence-corrected chi connectivity index (χ2v) is 3.94. The molecule has 0 aromatic heterocycles. The van der Waals surface area contributed by atoms with Gasteiger partial charge in [0.25, 0.3) is 0 Å². The van der Waals surface area contributed by atoms with E-state index in [2.05, 4.69) is 51.6 Å². The third-order valence-corrected chi connectivity index (χ3v) is 2.42. The summed E-state index contributed by atoms with van der Waals surface area (Å²) in [6.07, 6.45) is 1.17. The van der Waals surface area contributed by atoms with E-state index in [1.54, 1.807) is 0 Å². The molecule has 1 aliphatic heterocycles. The van der Waals surface area contributed by atoms with Gasteiger partial charge in [-0.2, -0.15) is 0 Å². The van der Waals surface area contributed by atoms with E-state index in [1.807, 2.05) is 0 Å². The zero-order chi connectivity index (χ0) is 15.8. The van der Waals surface area contributed by atoms with Crippen LogP contribution >= 0.6 is 0 Å². The molecule has 0 aliphatic carbocycles. The lowest BCUT2D eigenvalue weighted by molar-refractivity contribution is -0.119. The van der Waals surface area contributed by atoms with Crippen molar-refractivity contribution < 1.29 is 14.4 Å². The van der Waals surface area contributed by atoms with Crippen molar-refractivity contribution in [2.75, 3.05) is 0 Å². The van der Waals surface area contributed by atoms with Crippen LogP contribution in [-0.2, 0) is 14.4 Å². The van der Waals surface area contributed by atoms with Gasteiger partial charge in [0, 0.05) is 0 Å². The van der Waals surface area contributed by atoms with Gasteiger partial charge >= 0.3 is 0 Å². The second-order valence-electron chi connectivity index (χ2n) is 3.94. The number of hydrogen-bond acceptors (Lipinski definition) is 6. The van der Waals surface area contributed by atoms with E-state index in [-0.39, 0.29) is 0 Å². The normalized spacial score (nSPS) is 24.3. The summed E-state index contributed by atoms with van der Waals surface area (Å²) in [4.78, 5) is 33.9. The van der Waals surface area contributed by atoms with Crippen LogP contribution in [0.25, 0.3) is 0 Å². The van der Waals surface area contributed by atoms with E-state index in [0.717, 1.165) is 18.2 Å². The first kappa shape index (κ1) is 16.6. The average molecular weight is 294 g/mol. The van der Waals surface area contributed by atoms with Gasteiger partial charge < -0.3 is 16.0 Å². The molecule has 114 valence electrons. The van der Waals surface area contributed by atoms with Crippen LogP contribution in [0.2, 0.25) is 0 Å². The third kappa shape index (κ3) is 5.57. The predicted molar refractivity (Wildman–Crippen MR) is 75.8 cm³/mol. The monoisotopic (exact) mass is 294 g/mol. The Morgan fingerprint density at radius 3 is 1.10 bits per heavy atom. The van der Waals surface area contributed by atoms with Crippen LogP contribution in [0.1, 0.15) is 0 Å². The first-order chi connectivity index (χ1) is 9.98. The highest BCUT2D eigenvalue weighted by Gasteiger charge is 2.28. The minimum atomic E-state index is -0.706. The second kappa shape index (κ2) is 7.94. The highest BCUT2D eigenvalue weighted by molar-refractivity contribution is 5.88. The summed E-state index contributed by atoms with van der Waals surface area (Å²) in [6, 6.07) is 0. The molecule has 0 atom stereocenters. The maximum atomic E-state index is 11.3. The zero-order valence-electron chi connectivity index (χ0n) is 11.3. The minimum absolute atomic E-state index is 0.426. The molecule has 0 aromatic carbocycles. The zero-order valence-corrected chi connectivity index (χ0v) is 11.3. The summed E-state index contributed by atoms with van der Waals surface area (Å²) >= 11 is 0. The number of carbonyl (C=O) groups is 3. The van der Waals surface area contributed by atoms with Crippen molar-refractivity contribution in [3.05, 3.63) is 38.0 Å². The highest BCUT2D eigenvalue weighted by Crippen LogP contribution is 1.90. The van der Waals surface area contributed by atoms with Crippen LogP contribution in [0, 0.1) is 0 Å². The molecule has 0 aromatic rings. The Bertz CT molecular complexity index is 391. The van der Waals surface area contributed by atoms with Crippen molar-refractivity contribution in [2.24, 2.45) is 0 Å². The Morgan fingerprint density at radius 1 is 0.667 bits per heavy atom. The highest BCUT2D eigenvalue weighted by atomic mass is 16.2. The number of nitrogens with one attached hydrogen (secondary N) is 6. The lowest BCUT2D eigenvalue weighted by Gasteiger charge is -2.38. The minimum Gasteiger partial charge on any atom is -0.324 e. The number of carbonyl (C=O) groups excluding carboxylic acids is 3. The number of rotatable bonds is 6. The Morgan fingerprint density at radius 2 is 0.905 bits per heavy atom. The smallest absolute Gasteiger partial charge is 0.245 e. The van der Waals surface area contributed by atoms with E-state index in [4.69, 9.17) is 0 Å². The first-order valence-electron chi connectivity index (χ1n) is 6.05. The van der Waals surface area contributed by atoms with Gasteiger partial charge in [-0.25, -0.2) is 0 Å². The largest absolute Gasteiger partial charge is 0.324 e. The van der Waals surface area contributed by atoms with Gasteiger partial charge in [0.05, 0.1) is 0 Å². The van der Waals surface area contributed by atoms with Crippen molar-refractivity contribution >= 4 is 17.7 Å². The Labute approximate surface area is 121 Å². The van der Waals surface area contributed by atoms with Crippen LogP contribution < -0.4 is 31.9 Å². The van der Waals surface area contributed by atoms with Gasteiger partial charge in [-0.15, -0.1) is 0 Å². The van der Waals surface area contributed by atoms with Gasteiger partial charge in [-0.1, -0.05) is 19.7 Å². The van der Waals surface area contributed by atoms with Crippen molar-refractivity contribution in [3.63, 3.8) is 0 Å². The predicted octanol–water partition coefficient (Wildman–Crippen LogP) is -2.47. The molecular formula is C12H18N6O3. The van der Waals surface area contributed by atoms with Crippen LogP contribution in [0.5, 0.6) is 0 Å². The molecule has 0 unspecified atom stereocenters. The molecule has 21 heavy (non-hydrogen) atoms. The summed E-state index contributed by atoms with van der Waals surface area (Å²) in [5.74, 6) is -1.28. The van der Waals surface area contributed by atoms with Gasteiger partial charge in [-0.3, -0.25) is 30.3 Å². The Hall–Kier alpha value is -2.49. The van der Waals surface area contributed by atoms with Crippen LogP contribution in [-0.4, -0.2) is 36.6 Å². The maximum absolute atomic E-state index is 11.3. The summed E-state index contributed by atoms with van der Waals surface area (Å²) < 4.78 is 0. The molecule has 0 saturated carbocycles.